The molecule has 0 aromatic rings. The first-order valence-electron chi connectivity index (χ1n) is 6.65. The molecule has 0 heterocycles. The molecule has 0 aromatic heterocycles. The summed E-state index contributed by atoms with van der Waals surface area (Å²) < 4.78 is 10.4. The fraction of sp³-hybridized carbons (Fsp3) is 0.923. The molecule has 1 saturated carbocycles. The molecule has 0 bridgehead atoms. The maximum absolute atomic E-state index is 11.4. The number of nitrogens with one attached hydrogen (secondary N) is 1. The second-order valence-electron chi connectivity index (χ2n) is 5.05. The third-order valence-electron chi connectivity index (χ3n) is 2.83. The van der Waals surface area contributed by atoms with E-state index in [1.54, 1.807) is 0 Å². The summed E-state index contributed by atoms with van der Waals surface area (Å²) in [5, 5.41) is 3.23. The Kier molecular flexibility index (Phi) is 7.21. The fourth-order valence-corrected chi connectivity index (χ4v) is 1.94. The molecular weight excluding hydrogens is 218 g/mol. The van der Waals surface area contributed by atoms with E-state index in [1.807, 2.05) is 0 Å². The van der Waals surface area contributed by atoms with Gasteiger partial charge in [-0.15, -0.1) is 0 Å². The van der Waals surface area contributed by atoms with Crippen LogP contribution in [0.2, 0.25) is 0 Å². The van der Waals surface area contributed by atoms with Gasteiger partial charge in [0.05, 0.1) is 13.2 Å². The van der Waals surface area contributed by atoms with Gasteiger partial charge in [-0.05, 0) is 18.8 Å². The number of carbonyl (C=O) groups excluding carboxylic acids is 1. The molecule has 1 N–H and O–H groups in total. The van der Waals surface area contributed by atoms with E-state index < -0.39 is 0 Å². The van der Waals surface area contributed by atoms with E-state index in [1.165, 1.54) is 25.7 Å². The van der Waals surface area contributed by atoms with Gasteiger partial charge in [0, 0.05) is 12.6 Å². The smallest absolute Gasteiger partial charge is 0.320 e. The largest absolute Gasteiger partial charge is 0.462 e. The normalized spacial score (nSPS) is 16.6. The van der Waals surface area contributed by atoms with E-state index in [4.69, 9.17) is 9.47 Å². The molecule has 1 rings (SSSR count). The molecule has 4 nitrogen and oxygen atoms in total. The molecule has 0 spiro atoms. The molecule has 1 aliphatic rings. The first-order chi connectivity index (χ1) is 8.18. The molecule has 100 valence electrons. The lowest BCUT2D eigenvalue weighted by atomic mass is 10.2. The zero-order valence-electron chi connectivity index (χ0n) is 11.0. The Morgan fingerprint density at radius 1 is 1.29 bits per heavy atom. The summed E-state index contributed by atoms with van der Waals surface area (Å²) in [5.74, 6) is 0.347. The monoisotopic (exact) mass is 243 g/mol. The molecule has 0 unspecified atom stereocenters. The number of esters is 1. The molecule has 0 aromatic carbocycles. The SMILES string of the molecule is CC(C)COCCOC(=O)CNC1CCCC1. The van der Waals surface area contributed by atoms with E-state index in [-0.39, 0.29) is 5.97 Å². The summed E-state index contributed by atoms with van der Waals surface area (Å²) in [7, 11) is 0. The van der Waals surface area contributed by atoms with Crippen LogP contribution in [0.15, 0.2) is 0 Å². The first kappa shape index (κ1) is 14.5. The predicted molar refractivity (Wildman–Crippen MR) is 66.9 cm³/mol. The quantitative estimate of drug-likeness (QED) is 0.521. The van der Waals surface area contributed by atoms with Crippen LogP contribution in [-0.2, 0) is 14.3 Å². The van der Waals surface area contributed by atoms with Crippen LogP contribution in [0.4, 0.5) is 0 Å². The van der Waals surface area contributed by atoms with Crippen molar-refractivity contribution in [2.24, 2.45) is 5.92 Å². The predicted octanol–water partition coefficient (Wildman–Crippen LogP) is 1.73. The van der Waals surface area contributed by atoms with Crippen LogP contribution in [-0.4, -0.2) is 38.4 Å². The van der Waals surface area contributed by atoms with Crippen molar-refractivity contribution in [1.29, 1.82) is 0 Å². The standard InChI is InChI=1S/C13H25NO3/c1-11(2)10-16-7-8-17-13(15)9-14-12-5-3-4-6-12/h11-12,14H,3-10H2,1-2H3. The molecule has 0 atom stereocenters. The minimum Gasteiger partial charge on any atom is -0.462 e. The zero-order chi connectivity index (χ0) is 12.5. The van der Waals surface area contributed by atoms with Crippen molar-refractivity contribution in [3.8, 4) is 0 Å². The van der Waals surface area contributed by atoms with Gasteiger partial charge in [0.2, 0.25) is 0 Å². The molecule has 0 aliphatic heterocycles. The van der Waals surface area contributed by atoms with Gasteiger partial charge >= 0.3 is 5.97 Å². The highest BCUT2D eigenvalue weighted by atomic mass is 16.6. The van der Waals surface area contributed by atoms with Gasteiger partial charge in [-0.2, -0.15) is 0 Å². The first-order valence-corrected chi connectivity index (χ1v) is 6.65. The Bertz CT molecular complexity index is 213. The molecular formula is C13H25NO3. The van der Waals surface area contributed by atoms with Crippen molar-refractivity contribution in [3.63, 3.8) is 0 Å². The molecule has 0 saturated heterocycles. The van der Waals surface area contributed by atoms with Crippen molar-refractivity contribution in [2.75, 3.05) is 26.4 Å². The van der Waals surface area contributed by atoms with Crippen molar-refractivity contribution in [2.45, 2.75) is 45.6 Å². The van der Waals surface area contributed by atoms with Gasteiger partial charge < -0.3 is 14.8 Å². The highest BCUT2D eigenvalue weighted by Gasteiger charge is 2.15. The molecule has 0 amide bonds. The third-order valence-corrected chi connectivity index (χ3v) is 2.83. The minimum atomic E-state index is -0.176. The zero-order valence-corrected chi connectivity index (χ0v) is 11.0. The van der Waals surface area contributed by atoms with Crippen molar-refractivity contribution < 1.29 is 14.3 Å². The Balaban J connectivity index is 1.90. The fourth-order valence-electron chi connectivity index (χ4n) is 1.94. The topological polar surface area (TPSA) is 47.6 Å². The number of carbonyl (C=O) groups is 1. The summed E-state index contributed by atoms with van der Waals surface area (Å²) >= 11 is 0. The average Bonchev–Trinajstić information content (AvgIpc) is 2.78. The van der Waals surface area contributed by atoms with Crippen LogP contribution in [0.5, 0.6) is 0 Å². The lowest BCUT2D eigenvalue weighted by Gasteiger charge is -2.11. The Labute approximate surface area is 104 Å². The lowest BCUT2D eigenvalue weighted by molar-refractivity contribution is -0.144. The molecule has 1 fully saturated rings. The summed E-state index contributed by atoms with van der Waals surface area (Å²) in [6.45, 7) is 6.09. The Morgan fingerprint density at radius 3 is 2.65 bits per heavy atom. The summed E-state index contributed by atoms with van der Waals surface area (Å²) in [5.41, 5.74) is 0. The number of hydrogen-bond donors (Lipinski definition) is 1. The van der Waals surface area contributed by atoms with E-state index in [0.717, 1.165) is 6.61 Å². The number of ether oxygens (including phenoxy) is 2. The van der Waals surface area contributed by atoms with E-state index >= 15 is 0 Å². The van der Waals surface area contributed by atoms with Gasteiger partial charge in [0.15, 0.2) is 0 Å². The average molecular weight is 243 g/mol. The molecule has 4 heteroatoms. The van der Waals surface area contributed by atoms with Crippen LogP contribution >= 0.6 is 0 Å². The lowest BCUT2D eigenvalue weighted by Crippen LogP contribution is -2.32. The van der Waals surface area contributed by atoms with E-state index in [2.05, 4.69) is 19.2 Å². The second kappa shape index (κ2) is 8.48. The second-order valence-corrected chi connectivity index (χ2v) is 5.05. The van der Waals surface area contributed by atoms with Gasteiger partial charge in [0.1, 0.15) is 6.61 Å². The van der Waals surface area contributed by atoms with Gasteiger partial charge in [-0.1, -0.05) is 26.7 Å². The Hall–Kier alpha value is -0.610. The highest BCUT2D eigenvalue weighted by molar-refractivity contribution is 5.71. The summed E-state index contributed by atoms with van der Waals surface area (Å²) in [6.07, 6.45) is 4.92. The van der Waals surface area contributed by atoms with Crippen LogP contribution < -0.4 is 5.32 Å². The summed E-state index contributed by atoms with van der Waals surface area (Å²) in [4.78, 5) is 11.4. The van der Waals surface area contributed by atoms with Gasteiger partial charge in [-0.3, -0.25) is 4.79 Å². The molecule has 1 aliphatic carbocycles. The Morgan fingerprint density at radius 2 is 2.00 bits per heavy atom. The van der Waals surface area contributed by atoms with Crippen LogP contribution in [0.1, 0.15) is 39.5 Å². The third kappa shape index (κ3) is 7.34. The minimum absolute atomic E-state index is 0.176. The molecule has 0 radical (unpaired) electrons. The highest BCUT2D eigenvalue weighted by Crippen LogP contribution is 2.17. The van der Waals surface area contributed by atoms with Crippen LogP contribution in [0, 0.1) is 5.92 Å². The van der Waals surface area contributed by atoms with Crippen molar-refractivity contribution >= 4 is 5.97 Å². The van der Waals surface area contributed by atoms with Crippen molar-refractivity contribution in [3.05, 3.63) is 0 Å². The number of rotatable bonds is 8. The maximum Gasteiger partial charge on any atom is 0.320 e. The van der Waals surface area contributed by atoms with Crippen LogP contribution in [0.3, 0.4) is 0 Å². The van der Waals surface area contributed by atoms with Crippen LogP contribution in [0.25, 0.3) is 0 Å². The van der Waals surface area contributed by atoms with Gasteiger partial charge in [0.25, 0.3) is 0 Å². The van der Waals surface area contributed by atoms with Crippen molar-refractivity contribution in [1.82, 2.24) is 5.32 Å². The van der Waals surface area contributed by atoms with Gasteiger partial charge in [-0.25, -0.2) is 0 Å². The van der Waals surface area contributed by atoms with E-state index in [9.17, 15) is 4.79 Å². The molecule has 17 heavy (non-hydrogen) atoms. The van der Waals surface area contributed by atoms with E-state index in [0.29, 0.717) is 31.7 Å². The summed E-state index contributed by atoms with van der Waals surface area (Å²) in [6, 6.07) is 0.514. The number of hydrogen-bond acceptors (Lipinski definition) is 4. The maximum atomic E-state index is 11.4.